The molecule has 0 bridgehead atoms. The molecule has 0 aliphatic carbocycles. The van der Waals surface area contributed by atoms with E-state index in [9.17, 15) is 4.79 Å². The molecule has 2 heterocycles. The summed E-state index contributed by atoms with van der Waals surface area (Å²) in [5.41, 5.74) is 2.97. The predicted molar refractivity (Wildman–Crippen MR) is 105 cm³/mol. The van der Waals surface area contributed by atoms with Crippen LogP contribution in [0.3, 0.4) is 0 Å². The molecule has 26 heavy (non-hydrogen) atoms. The second-order valence-electron chi connectivity index (χ2n) is 7.31. The fraction of sp³-hybridized carbons (Fsp3) is 0.350. The first-order valence-corrected chi connectivity index (χ1v) is 9.51. The van der Waals surface area contributed by atoms with Crippen LogP contribution in [0.4, 0.5) is 0 Å². The lowest BCUT2D eigenvalue weighted by atomic mass is 9.98. The van der Waals surface area contributed by atoms with E-state index in [1.165, 1.54) is 16.9 Å². The average Bonchev–Trinajstić information content (AvgIpc) is 3.24. The van der Waals surface area contributed by atoms with Crippen molar-refractivity contribution in [2.24, 2.45) is 0 Å². The Kier molecular flexibility index (Phi) is 5.23. The summed E-state index contributed by atoms with van der Waals surface area (Å²) in [7, 11) is 0. The summed E-state index contributed by atoms with van der Waals surface area (Å²) in [6.07, 6.45) is 4.46. The highest BCUT2D eigenvalue weighted by molar-refractivity contribution is 7.14. The number of aromatic nitrogens is 3. The summed E-state index contributed by atoms with van der Waals surface area (Å²) in [5.74, 6) is -0.0383. The van der Waals surface area contributed by atoms with Crippen molar-refractivity contribution >= 4 is 17.2 Å². The van der Waals surface area contributed by atoms with Gasteiger partial charge in [0.2, 0.25) is 0 Å². The number of benzene rings is 1. The van der Waals surface area contributed by atoms with Gasteiger partial charge in [-0.3, -0.25) is 4.79 Å². The lowest BCUT2D eigenvalue weighted by molar-refractivity contribution is 0.0957. The van der Waals surface area contributed by atoms with Crippen molar-refractivity contribution in [3.05, 3.63) is 63.9 Å². The Morgan fingerprint density at radius 2 is 1.96 bits per heavy atom. The lowest BCUT2D eigenvalue weighted by Crippen LogP contribution is -2.25. The Hall–Kier alpha value is -2.47. The Morgan fingerprint density at radius 3 is 2.54 bits per heavy atom. The zero-order valence-corrected chi connectivity index (χ0v) is 16.4. The number of hydrogen-bond donors (Lipinski definition) is 1. The molecule has 0 spiro atoms. The number of amides is 1. The van der Waals surface area contributed by atoms with Gasteiger partial charge in [0, 0.05) is 24.4 Å². The molecule has 0 aliphatic heterocycles. The third kappa shape index (κ3) is 4.19. The first-order chi connectivity index (χ1) is 12.3. The van der Waals surface area contributed by atoms with Crippen molar-refractivity contribution < 1.29 is 4.79 Å². The van der Waals surface area contributed by atoms with Gasteiger partial charge < -0.3 is 5.32 Å². The molecule has 3 rings (SSSR count). The van der Waals surface area contributed by atoms with Gasteiger partial charge in [0.25, 0.3) is 5.91 Å². The average molecular weight is 369 g/mol. The minimum atomic E-state index is -0.0383. The van der Waals surface area contributed by atoms with Crippen molar-refractivity contribution in [1.82, 2.24) is 20.1 Å². The summed E-state index contributed by atoms with van der Waals surface area (Å²) in [6.45, 7) is 8.83. The molecule has 1 N–H and O–H groups in total. The quantitative estimate of drug-likeness (QED) is 0.743. The third-order valence-electron chi connectivity index (χ3n) is 4.05. The molecule has 0 radical (unpaired) electrons. The summed E-state index contributed by atoms with van der Waals surface area (Å²) in [5, 5.41) is 8.22. The molecular formula is C20H24N4OS. The number of nitrogens with one attached hydrogen (secondary N) is 1. The fourth-order valence-electron chi connectivity index (χ4n) is 2.57. The molecule has 0 saturated heterocycles. The van der Waals surface area contributed by atoms with Crippen molar-refractivity contribution in [2.45, 2.75) is 39.5 Å². The third-order valence-corrected chi connectivity index (χ3v) is 5.63. The summed E-state index contributed by atoms with van der Waals surface area (Å²) < 4.78 is 1.82. The van der Waals surface area contributed by atoms with Gasteiger partial charge >= 0.3 is 0 Å². The van der Waals surface area contributed by atoms with Crippen LogP contribution in [-0.4, -0.2) is 27.2 Å². The van der Waals surface area contributed by atoms with E-state index < -0.39 is 0 Å². The normalized spacial score (nSPS) is 11.5. The van der Waals surface area contributed by atoms with Crippen molar-refractivity contribution in [3.63, 3.8) is 0 Å². The molecule has 0 atom stereocenters. The van der Waals surface area contributed by atoms with Gasteiger partial charge in [-0.05, 0) is 37.1 Å². The van der Waals surface area contributed by atoms with Crippen LogP contribution < -0.4 is 5.32 Å². The molecule has 6 heteroatoms. The smallest absolute Gasteiger partial charge is 0.263 e. The maximum Gasteiger partial charge on any atom is 0.263 e. The number of aryl methyl sites for hydroxylation is 1. The predicted octanol–water partition coefficient (Wildman–Crippen LogP) is 3.91. The van der Waals surface area contributed by atoms with E-state index in [-0.39, 0.29) is 11.3 Å². The van der Waals surface area contributed by atoms with Crippen molar-refractivity contribution in [3.8, 4) is 5.69 Å². The minimum absolute atomic E-state index is 0.0374. The van der Waals surface area contributed by atoms with Crippen LogP contribution in [-0.2, 0) is 11.8 Å². The van der Waals surface area contributed by atoms with Crippen LogP contribution in [0.1, 0.15) is 46.7 Å². The Labute approximate surface area is 158 Å². The summed E-state index contributed by atoms with van der Waals surface area (Å²) in [4.78, 5) is 17.7. The molecule has 3 aromatic rings. The van der Waals surface area contributed by atoms with E-state index in [1.807, 2.05) is 36.0 Å². The molecule has 0 fully saturated rings. The first-order valence-electron chi connectivity index (χ1n) is 8.69. The van der Waals surface area contributed by atoms with Gasteiger partial charge in [0.15, 0.2) is 0 Å². The number of thiazole rings is 1. The summed E-state index contributed by atoms with van der Waals surface area (Å²) in [6, 6.07) is 10.1. The van der Waals surface area contributed by atoms with E-state index in [1.54, 1.807) is 6.20 Å². The monoisotopic (exact) mass is 368 g/mol. The van der Waals surface area contributed by atoms with Gasteiger partial charge in [0.05, 0.1) is 16.4 Å². The lowest BCUT2D eigenvalue weighted by Gasteiger charge is -2.13. The topological polar surface area (TPSA) is 59.8 Å². The largest absolute Gasteiger partial charge is 0.351 e. The van der Waals surface area contributed by atoms with E-state index in [0.29, 0.717) is 11.4 Å². The highest BCUT2D eigenvalue weighted by atomic mass is 32.1. The molecular weight excluding hydrogens is 344 g/mol. The van der Waals surface area contributed by atoms with Gasteiger partial charge in [-0.25, -0.2) is 9.67 Å². The highest BCUT2D eigenvalue weighted by Crippen LogP contribution is 2.29. The van der Waals surface area contributed by atoms with E-state index in [2.05, 4.69) is 48.3 Å². The Balaban J connectivity index is 1.56. The van der Waals surface area contributed by atoms with E-state index >= 15 is 0 Å². The van der Waals surface area contributed by atoms with Crippen molar-refractivity contribution in [1.29, 1.82) is 0 Å². The molecule has 0 saturated carbocycles. The molecule has 136 valence electrons. The number of carbonyl (C=O) groups is 1. The highest BCUT2D eigenvalue weighted by Gasteiger charge is 2.22. The van der Waals surface area contributed by atoms with Gasteiger partial charge in [-0.2, -0.15) is 5.10 Å². The van der Waals surface area contributed by atoms with Crippen LogP contribution in [0.2, 0.25) is 0 Å². The van der Waals surface area contributed by atoms with Gasteiger partial charge in [0.1, 0.15) is 4.88 Å². The first kappa shape index (κ1) is 18.3. The maximum absolute atomic E-state index is 12.5. The van der Waals surface area contributed by atoms with E-state index in [4.69, 9.17) is 0 Å². The van der Waals surface area contributed by atoms with Crippen LogP contribution in [0.25, 0.3) is 5.69 Å². The van der Waals surface area contributed by atoms with Crippen molar-refractivity contribution in [2.75, 3.05) is 6.54 Å². The second kappa shape index (κ2) is 7.41. The SMILES string of the molecule is Cc1nc(C(C)(C)C)sc1C(=O)NCCc1ccc(-n2cccn2)cc1. The second-order valence-corrected chi connectivity index (χ2v) is 8.31. The molecule has 2 aromatic heterocycles. The Bertz CT molecular complexity index is 874. The number of hydrogen-bond acceptors (Lipinski definition) is 4. The van der Waals surface area contributed by atoms with Crippen LogP contribution in [0.5, 0.6) is 0 Å². The van der Waals surface area contributed by atoms with Crippen LogP contribution in [0, 0.1) is 6.92 Å². The fourth-order valence-corrected chi connectivity index (χ4v) is 3.61. The molecule has 1 amide bonds. The molecule has 1 aromatic carbocycles. The number of rotatable bonds is 5. The number of carbonyl (C=O) groups excluding carboxylic acids is 1. The van der Waals surface area contributed by atoms with Crippen LogP contribution >= 0.6 is 11.3 Å². The van der Waals surface area contributed by atoms with E-state index in [0.717, 1.165) is 22.8 Å². The van der Waals surface area contributed by atoms with Gasteiger partial charge in [-0.15, -0.1) is 11.3 Å². The zero-order valence-electron chi connectivity index (χ0n) is 15.6. The minimum Gasteiger partial charge on any atom is -0.351 e. The standard InChI is InChI=1S/C20H24N4OS/c1-14-17(26-19(23-14)20(2,3)4)18(25)21-12-10-15-6-8-16(9-7-15)24-13-5-11-22-24/h5-9,11,13H,10,12H2,1-4H3,(H,21,25). The van der Waals surface area contributed by atoms with Crippen LogP contribution in [0.15, 0.2) is 42.7 Å². The zero-order chi connectivity index (χ0) is 18.7. The molecule has 0 aliphatic rings. The summed E-state index contributed by atoms with van der Waals surface area (Å²) >= 11 is 1.49. The molecule has 5 nitrogen and oxygen atoms in total. The number of nitrogens with zero attached hydrogens (tertiary/aromatic N) is 3. The van der Waals surface area contributed by atoms with Gasteiger partial charge in [-0.1, -0.05) is 32.9 Å². The maximum atomic E-state index is 12.5. The molecule has 0 unspecified atom stereocenters. The Morgan fingerprint density at radius 1 is 1.23 bits per heavy atom.